The Morgan fingerprint density at radius 3 is 2.46 bits per heavy atom. The molecule has 1 aromatic heterocycles. The van der Waals surface area contributed by atoms with Crippen molar-refractivity contribution in [2.75, 3.05) is 5.32 Å². The van der Waals surface area contributed by atoms with Gasteiger partial charge in [0, 0.05) is 18.1 Å². The Bertz CT molecular complexity index is 761. The van der Waals surface area contributed by atoms with Gasteiger partial charge in [0.15, 0.2) is 0 Å². The summed E-state index contributed by atoms with van der Waals surface area (Å²) >= 11 is 0. The fraction of sp³-hybridized carbons (Fsp3) is 0.0667. The maximum Gasteiger partial charge on any atom is 0.416 e. The summed E-state index contributed by atoms with van der Waals surface area (Å²) in [7, 11) is 0. The smallest absolute Gasteiger partial charge is 0.318 e. The van der Waals surface area contributed by atoms with Crippen molar-refractivity contribution in [1.29, 1.82) is 0 Å². The first-order chi connectivity index (χ1) is 11.4. The van der Waals surface area contributed by atoms with Gasteiger partial charge in [0.1, 0.15) is 0 Å². The zero-order valence-electron chi connectivity index (χ0n) is 12.0. The number of alkyl halides is 3. The molecule has 0 atom stereocenters. The summed E-state index contributed by atoms with van der Waals surface area (Å²) in [6.07, 6.45) is -0.220. The van der Waals surface area contributed by atoms with Gasteiger partial charge in [-0.05, 0) is 35.9 Å². The van der Waals surface area contributed by atoms with E-state index in [2.05, 4.69) is 15.4 Å². The van der Waals surface area contributed by atoms with Crippen LogP contribution in [0.1, 0.15) is 11.1 Å². The Labute approximate surface area is 134 Å². The van der Waals surface area contributed by atoms with Crippen molar-refractivity contribution in [2.24, 2.45) is 5.10 Å². The predicted molar refractivity (Wildman–Crippen MR) is 80.0 cm³/mol. The average molecular weight is 336 g/mol. The van der Waals surface area contributed by atoms with E-state index in [0.717, 1.165) is 18.2 Å². The predicted octanol–water partition coefficient (Wildman–Crippen LogP) is 2.19. The summed E-state index contributed by atoms with van der Waals surface area (Å²) in [5.74, 6) is -2.25. The summed E-state index contributed by atoms with van der Waals surface area (Å²) in [6.45, 7) is 0. The first kappa shape index (κ1) is 17.1. The van der Waals surface area contributed by atoms with Gasteiger partial charge >= 0.3 is 18.0 Å². The van der Waals surface area contributed by atoms with Crippen LogP contribution in [-0.4, -0.2) is 23.0 Å². The molecule has 24 heavy (non-hydrogen) atoms. The molecular weight excluding hydrogens is 325 g/mol. The number of benzene rings is 1. The number of rotatable bonds is 3. The largest absolute Gasteiger partial charge is 0.416 e. The van der Waals surface area contributed by atoms with Crippen molar-refractivity contribution in [1.82, 2.24) is 10.4 Å². The second-order valence-corrected chi connectivity index (χ2v) is 4.51. The molecule has 1 heterocycles. The van der Waals surface area contributed by atoms with Crippen LogP contribution in [0.4, 0.5) is 18.9 Å². The summed E-state index contributed by atoms with van der Waals surface area (Å²) < 4.78 is 37.7. The molecule has 0 saturated carbocycles. The van der Waals surface area contributed by atoms with Crippen LogP contribution in [0, 0.1) is 0 Å². The van der Waals surface area contributed by atoms with Crippen LogP contribution in [0.5, 0.6) is 0 Å². The number of anilines is 1. The molecule has 2 N–H and O–H groups in total. The Hall–Kier alpha value is -3.23. The molecule has 1 aromatic carbocycles. The number of carbonyl (C=O) groups excluding carboxylic acids is 2. The van der Waals surface area contributed by atoms with Crippen LogP contribution in [0.15, 0.2) is 53.9 Å². The van der Waals surface area contributed by atoms with Gasteiger partial charge in [0.05, 0.1) is 11.8 Å². The lowest BCUT2D eigenvalue weighted by atomic mass is 10.2. The second kappa shape index (κ2) is 7.36. The normalized spacial score (nSPS) is 11.3. The van der Waals surface area contributed by atoms with E-state index >= 15 is 0 Å². The number of hydrogen-bond donors (Lipinski definition) is 2. The third-order valence-corrected chi connectivity index (χ3v) is 2.74. The lowest BCUT2D eigenvalue weighted by molar-refractivity contribution is -0.137. The number of nitrogens with zero attached hydrogens (tertiary/aromatic N) is 2. The second-order valence-electron chi connectivity index (χ2n) is 4.51. The molecule has 9 heteroatoms. The highest BCUT2D eigenvalue weighted by Gasteiger charge is 2.30. The zero-order valence-corrected chi connectivity index (χ0v) is 12.0. The Morgan fingerprint density at radius 2 is 1.79 bits per heavy atom. The van der Waals surface area contributed by atoms with E-state index < -0.39 is 23.6 Å². The van der Waals surface area contributed by atoms with E-state index in [1.54, 1.807) is 12.1 Å². The van der Waals surface area contributed by atoms with Gasteiger partial charge in [0.25, 0.3) is 0 Å². The maximum atomic E-state index is 12.6. The van der Waals surface area contributed by atoms with Gasteiger partial charge in [-0.25, -0.2) is 5.43 Å². The summed E-state index contributed by atoms with van der Waals surface area (Å²) in [5, 5.41) is 5.64. The average Bonchev–Trinajstić information content (AvgIpc) is 2.55. The molecule has 124 valence electrons. The number of hydrogen-bond acceptors (Lipinski definition) is 4. The third-order valence-electron chi connectivity index (χ3n) is 2.74. The number of carbonyl (C=O) groups is 2. The first-order valence-electron chi connectivity index (χ1n) is 6.58. The van der Waals surface area contributed by atoms with E-state index in [4.69, 9.17) is 0 Å². The highest BCUT2D eigenvalue weighted by Crippen LogP contribution is 2.30. The van der Waals surface area contributed by atoms with Gasteiger partial charge in [-0.1, -0.05) is 6.07 Å². The number of hydrazone groups is 1. The minimum absolute atomic E-state index is 0.150. The van der Waals surface area contributed by atoms with Crippen molar-refractivity contribution in [2.45, 2.75) is 6.18 Å². The van der Waals surface area contributed by atoms with Gasteiger partial charge < -0.3 is 5.32 Å². The van der Waals surface area contributed by atoms with Crippen LogP contribution in [0.25, 0.3) is 0 Å². The molecule has 0 unspecified atom stereocenters. The van der Waals surface area contributed by atoms with E-state index in [0.29, 0.717) is 5.56 Å². The maximum absolute atomic E-state index is 12.6. The minimum Gasteiger partial charge on any atom is -0.318 e. The number of amides is 2. The van der Waals surface area contributed by atoms with E-state index in [1.165, 1.54) is 24.7 Å². The number of aromatic nitrogens is 1. The lowest BCUT2D eigenvalue weighted by Gasteiger charge is -2.09. The molecule has 0 aliphatic carbocycles. The molecule has 2 rings (SSSR count). The molecular formula is C15H11F3N4O2. The quantitative estimate of drug-likeness (QED) is 0.512. The summed E-state index contributed by atoms with van der Waals surface area (Å²) in [5.41, 5.74) is 1.53. The Kier molecular flexibility index (Phi) is 5.25. The van der Waals surface area contributed by atoms with Crippen LogP contribution in [-0.2, 0) is 15.8 Å². The lowest BCUT2D eigenvalue weighted by Crippen LogP contribution is -2.32. The van der Waals surface area contributed by atoms with Crippen molar-refractivity contribution >= 4 is 23.7 Å². The number of halogens is 3. The minimum atomic E-state index is -4.54. The molecule has 0 radical (unpaired) electrons. The molecule has 0 aliphatic heterocycles. The highest BCUT2D eigenvalue weighted by atomic mass is 19.4. The van der Waals surface area contributed by atoms with Crippen LogP contribution in [0.2, 0.25) is 0 Å². The monoisotopic (exact) mass is 336 g/mol. The molecule has 2 aromatic rings. The highest BCUT2D eigenvalue weighted by molar-refractivity contribution is 6.39. The van der Waals surface area contributed by atoms with E-state index in [-0.39, 0.29) is 5.69 Å². The van der Waals surface area contributed by atoms with Gasteiger partial charge in [-0.15, -0.1) is 0 Å². The van der Waals surface area contributed by atoms with Crippen molar-refractivity contribution < 1.29 is 22.8 Å². The van der Waals surface area contributed by atoms with Crippen LogP contribution in [0.3, 0.4) is 0 Å². The molecule has 0 spiro atoms. The molecule has 6 nitrogen and oxygen atoms in total. The Balaban J connectivity index is 1.95. The molecule has 0 bridgehead atoms. The van der Waals surface area contributed by atoms with Crippen LogP contribution >= 0.6 is 0 Å². The van der Waals surface area contributed by atoms with Gasteiger partial charge in [-0.3, -0.25) is 14.6 Å². The fourth-order valence-corrected chi connectivity index (χ4v) is 1.63. The standard InChI is InChI=1S/C15H11F3N4O2/c16-15(17,18)11-2-1-3-12(8-11)21-13(23)14(24)22-20-9-10-4-6-19-7-5-10/h1-9H,(H,21,23)(H,22,24)/b20-9+. The Morgan fingerprint density at radius 1 is 1.08 bits per heavy atom. The molecule has 0 aliphatic rings. The van der Waals surface area contributed by atoms with Crippen molar-refractivity contribution in [3.8, 4) is 0 Å². The summed E-state index contributed by atoms with van der Waals surface area (Å²) in [4.78, 5) is 27.0. The summed E-state index contributed by atoms with van der Waals surface area (Å²) in [6, 6.07) is 7.19. The van der Waals surface area contributed by atoms with Crippen LogP contribution < -0.4 is 10.7 Å². The van der Waals surface area contributed by atoms with Gasteiger partial charge in [-0.2, -0.15) is 18.3 Å². The molecule has 0 saturated heterocycles. The SMILES string of the molecule is O=C(N/N=C/c1ccncc1)C(=O)Nc1cccc(C(F)(F)F)c1. The number of pyridine rings is 1. The van der Waals surface area contributed by atoms with Crippen molar-refractivity contribution in [3.05, 3.63) is 59.9 Å². The van der Waals surface area contributed by atoms with Gasteiger partial charge in [0.2, 0.25) is 0 Å². The molecule has 0 fully saturated rings. The van der Waals surface area contributed by atoms with E-state index in [9.17, 15) is 22.8 Å². The number of nitrogens with one attached hydrogen (secondary N) is 2. The van der Waals surface area contributed by atoms with Crippen molar-refractivity contribution in [3.63, 3.8) is 0 Å². The zero-order chi connectivity index (χ0) is 17.6. The van der Waals surface area contributed by atoms with E-state index in [1.807, 2.05) is 5.43 Å². The third kappa shape index (κ3) is 4.90. The fourth-order valence-electron chi connectivity index (χ4n) is 1.63. The topological polar surface area (TPSA) is 83.5 Å². The molecule has 2 amide bonds. The first-order valence-corrected chi connectivity index (χ1v) is 6.58.